The molecule has 0 aliphatic rings. The zero-order chi connectivity index (χ0) is 17.9. The monoisotopic (exact) mass is 339 g/mol. The van der Waals surface area contributed by atoms with Crippen LogP contribution in [0.2, 0.25) is 0 Å². The van der Waals surface area contributed by atoms with E-state index in [0.717, 1.165) is 33.3 Å². The molecule has 0 unspecified atom stereocenters. The van der Waals surface area contributed by atoms with E-state index in [1.54, 1.807) is 6.07 Å². The van der Waals surface area contributed by atoms with Gasteiger partial charge in [0.05, 0.1) is 16.8 Å². The van der Waals surface area contributed by atoms with Gasteiger partial charge in [-0.05, 0) is 23.3 Å². The van der Waals surface area contributed by atoms with Gasteiger partial charge in [-0.25, -0.2) is 10.8 Å². The second-order valence-electron chi connectivity index (χ2n) is 5.99. The number of aromatic nitrogens is 1. The van der Waals surface area contributed by atoms with Crippen molar-refractivity contribution in [1.29, 1.82) is 0 Å². The molecule has 0 radical (unpaired) electrons. The first kappa shape index (κ1) is 16.0. The quantitative estimate of drug-likeness (QED) is 0.334. The van der Waals surface area contributed by atoms with Crippen molar-refractivity contribution >= 4 is 16.8 Å². The summed E-state index contributed by atoms with van der Waals surface area (Å²) in [5, 5.41) is 0.778. The molecular formula is C22H17N3O. The number of nitrogens with one attached hydrogen (secondary N) is 1. The fraction of sp³-hybridized carbons (Fsp3) is 0. The van der Waals surface area contributed by atoms with Crippen molar-refractivity contribution in [2.75, 3.05) is 0 Å². The van der Waals surface area contributed by atoms with Gasteiger partial charge in [-0.1, -0.05) is 72.8 Å². The third-order valence-corrected chi connectivity index (χ3v) is 4.38. The number of fused-ring (bicyclic) bond motifs is 1. The number of amides is 1. The molecule has 4 nitrogen and oxygen atoms in total. The third kappa shape index (κ3) is 2.94. The van der Waals surface area contributed by atoms with Crippen molar-refractivity contribution in [1.82, 2.24) is 10.4 Å². The predicted octanol–water partition coefficient (Wildman–Crippen LogP) is 4.17. The van der Waals surface area contributed by atoms with E-state index in [2.05, 4.69) is 29.7 Å². The number of pyridine rings is 1. The molecule has 4 heteroatoms. The topological polar surface area (TPSA) is 68.0 Å². The molecule has 4 rings (SSSR count). The van der Waals surface area contributed by atoms with E-state index >= 15 is 0 Å². The van der Waals surface area contributed by atoms with Gasteiger partial charge in [0.1, 0.15) is 0 Å². The summed E-state index contributed by atoms with van der Waals surface area (Å²) in [6.45, 7) is 0. The second kappa shape index (κ2) is 6.78. The van der Waals surface area contributed by atoms with Crippen molar-refractivity contribution in [2.45, 2.75) is 0 Å². The number of hydrogen-bond acceptors (Lipinski definition) is 3. The Morgan fingerprint density at radius 3 is 2.12 bits per heavy atom. The highest BCUT2D eigenvalue weighted by atomic mass is 16.2. The number of rotatable bonds is 3. The molecule has 1 heterocycles. The summed E-state index contributed by atoms with van der Waals surface area (Å²) >= 11 is 0. The highest BCUT2D eigenvalue weighted by Gasteiger charge is 2.13. The number of nitrogens with two attached hydrogens (primary N) is 1. The maximum absolute atomic E-state index is 12.2. The fourth-order valence-corrected chi connectivity index (χ4v) is 3.05. The van der Waals surface area contributed by atoms with Gasteiger partial charge in [0.25, 0.3) is 5.91 Å². The van der Waals surface area contributed by atoms with Gasteiger partial charge in [-0.3, -0.25) is 10.2 Å². The van der Waals surface area contributed by atoms with Crippen LogP contribution in [0.4, 0.5) is 0 Å². The van der Waals surface area contributed by atoms with Crippen LogP contribution in [0.5, 0.6) is 0 Å². The number of carbonyl (C=O) groups is 1. The van der Waals surface area contributed by atoms with E-state index in [0.29, 0.717) is 5.56 Å². The summed E-state index contributed by atoms with van der Waals surface area (Å²) in [5.41, 5.74) is 7.47. The van der Waals surface area contributed by atoms with Gasteiger partial charge in [-0.2, -0.15) is 0 Å². The number of carbonyl (C=O) groups excluding carboxylic acids is 1. The fourth-order valence-electron chi connectivity index (χ4n) is 3.05. The smallest absolute Gasteiger partial charge is 0.265 e. The van der Waals surface area contributed by atoms with Crippen molar-refractivity contribution in [3.05, 3.63) is 90.5 Å². The average Bonchev–Trinajstić information content (AvgIpc) is 2.73. The summed E-state index contributed by atoms with van der Waals surface area (Å²) in [5.74, 6) is 5.02. The Kier molecular flexibility index (Phi) is 4.17. The maximum Gasteiger partial charge on any atom is 0.265 e. The lowest BCUT2D eigenvalue weighted by atomic mass is 10.0. The van der Waals surface area contributed by atoms with Crippen LogP contribution in [0.1, 0.15) is 10.4 Å². The first-order valence-electron chi connectivity index (χ1n) is 8.33. The van der Waals surface area contributed by atoms with Crippen LogP contribution in [0.25, 0.3) is 33.3 Å². The Morgan fingerprint density at radius 1 is 0.769 bits per heavy atom. The maximum atomic E-state index is 12.2. The molecule has 1 amide bonds. The molecule has 0 fully saturated rings. The number of hydrazine groups is 1. The van der Waals surface area contributed by atoms with Gasteiger partial charge >= 0.3 is 0 Å². The predicted molar refractivity (Wildman–Crippen MR) is 104 cm³/mol. The van der Waals surface area contributed by atoms with Crippen LogP contribution in [-0.4, -0.2) is 10.9 Å². The minimum absolute atomic E-state index is 0.328. The molecule has 3 N–H and O–H groups in total. The first-order valence-corrected chi connectivity index (χ1v) is 8.33. The van der Waals surface area contributed by atoms with E-state index < -0.39 is 0 Å². The van der Waals surface area contributed by atoms with Gasteiger partial charge in [-0.15, -0.1) is 0 Å². The van der Waals surface area contributed by atoms with E-state index in [4.69, 9.17) is 10.8 Å². The van der Waals surface area contributed by atoms with Crippen LogP contribution in [0.3, 0.4) is 0 Å². The summed E-state index contributed by atoms with van der Waals surface area (Å²) in [6, 6.07) is 27.7. The van der Waals surface area contributed by atoms with Gasteiger partial charge in [0, 0.05) is 10.9 Å². The first-order chi connectivity index (χ1) is 12.8. The lowest BCUT2D eigenvalue weighted by molar-refractivity contribution is 0.0955. The molecule has 0 saturated carbocycles. The largest absolute Gasteiger partial charge is 0.290 e. The molecule has 0 aliphatic heterocycles. The van der Waals surface area contributed by atoms with Crippen molar-refractivity contribution in [3.8, 4) is 22.4 Å². The van der Waals surface area contributed by atoms with Gasteiger partial charge in [0.2, 0.25) is 0 Å². The second-order valence-corrected chi connectivity index (χ2v) is 5.99. The highest BCUT2D eigenvalue weighted by molar-refractivity contribution is 6.07. The molecule has 0 aliphatic carbocycles. The molecule has 0 atom stereocenters. The minimum Gasteiger partial charge on any atom is -0.290 e. The van der Waals surface area contributed by atoms with E-state index in [9.17, 15) is 4.79 Å². The average molecular weight is 339 g/mol. The van der Waals surface area contributed by atoms with Crippen LogP contribution < -0.4 is 11.3 Å². The standard InChI is InChI=1S/C22H17N3O/c23-25-22(26)19-14-21(24-20-9-5-4-8-18(19)20)17-12-10-16(11-13-17)15-6-2-1-3-7-15/h1-14H,23H2,(H,25,26). The molecule has 0 saturated heterocycles. The Bertz CT molecular complexity index is 1070. The number of benzene rings is 3. The summed E-state index contributed by atoms with van der Waals surface area (Å²) in [4.78, 5) is 16.9. The Hall–Kier alpha value is -3.50. The van der Waals surface area contributed by atoms with Crippen LogP contribution in [0.15, 0.2) is 84.9 Å². The molecule has 0 bridgehead atoms. The summed E-state index contributed by atoms with van der Waals surface area (Å²) < 4.78 is 0. The molecule has 1 aromatic heterocycles. The summed E-state index contributed by atoms with van der Waals surface area (Å²) in [6.07, 6.45) is 0. The van der Waals surface area contributed by atoms with Crippen LogP contribution in [0, 0.1) is 0 Å². The Balaban J connectivity index is 1.80. The van der Waals surface area contributed by atoms with Crippen molar-refractivity contribution in [3.63, 3.8) is 0 Å². The van der Waals surface area contributed by atoms with Crippen LogP contribution >= 0.6 is 0 Å². The van der Waals surface area contributed by atoms with Crippen LogP contribution in [-0.2, 0) is 0 Å². The highest BCUT2D eigenvalue weighted by Crippen LogP contribution is 2.27. The number of nitrogens with zero attached hydrogens (tertiary/aromatic N) is 1. The zero-order valence-electron chi connectivity index (χ0n) is 14.0. The summed E-state index contributed by atoms with van der Waals surface area (Å²) in [7, 11) is 0. The number of nitrogen functional groups attached to an aromatic ring is 1. The third-order valence-electron chi connectivity index (χ3n) is 4.38. The molecule has 0 spiro atoms. The Morgan fingerprint density at radius 2 is 1.38 bits per heavy atom. The number of para-hydroxylation sites is 1. The lowest BCUT2D eigenvalue weighted by Gasteiger charge is -2.09. The van der Waals surface area contributed by atoms with Crippen molar-refractivity contribution in [2.24, 2.45) is 5.84 Å². The van der Waals surface area contributed by atoms with E-state index in [1.165, 1.54) is 0 Å². The SMILES string of the molecule is NNC(=O)c1cc(-c2ccc(-c3ccccc3)cc2)nc2ccccc12. The molecule has 3 aromatic carbocycles. The molecule has 4 aromatic rings. The van der Waals surface area contributed by atoms with Crippen molar-refractivity contribution < 1.29 is 4.79 Å². The normalized spacial score (nSPS) is 10.7. The van der Waals surface area contributed by atoms with E-state index in [-0.39, 0.29) is 5.91 Å². The van der Waals surface area contributed by atoms with Gasteiger partial charge < -0.3 is 0 Å². The molecule has 126 valence electrons. The Labute approximate surface area is 151 Å². The minimum atomic E-state index is -0.328. The lowest BCUT2D eigenvalue weighted by Crippen LogP contribution is -2.30. The molecular weight excluding hydrogens is 322 g/mol. The molecule has 26 heavy (non-hydrogen) atoms. The van der Waals surface area contributed by atoms with E-state index in [1.807, 2.05) is 54.6 Å². The van der Waals surface area contributed by atoms with Gasteiger partial charge in [0.15, 0.2) is 0 Å². The number of hydrogen-bond donors (Lipinski definition) is 2. The zero-order valence-corrected chi connectivity index (χ0v) is 14.0.